The minimum atomic E-state index is -4.44. The number of hydrogen-bond donors (Lipinski definition) is 2. The third kappa shape index (κ3) is 3.85. The summed E-state index contributed by atoms with van der Waals surface area (Å²) in [5, 5.41) is 2.36. The van der Waals surface area contributed by atoms with Gasteiger partial charge in [0.15, 0.2) is 5.65 Å². The van der Waals surface area contributed by atoms with Crippen LogP contribution in [0, 0.1) is 0 Å². The fourth-order valence-corrected chi connectivity index (χ4v) is 3.04. The Labute approximate surface area is 143 Å². The molecule has 0 saturated heterocycles. The van der Waals surface area contributed by atoms with Crippen LogP contribution in [-0.2, 0) is 10.9 Å². The number of aromatic amines is 1. The normalized spacial score (nSPS) is 11.5. The van der Waals surface area contributed by atoms with Crippen LogP contribution in [0.3, 0.4) is 0 Å². The third-order valence-electron chi connectivity index (χ3n) is 3.14. The minimum Gasteiger partial charge on any atom is -0.453 e. The van der Waals surface area contributed by atoms with E-state index in [0.717, 1.165) is 17.8 Å². The average Bonchev–Trinajstić information content (AvgIpc) is 2.95. The zero-order chi connectivity index (χ0) is 18.0. The van der Waals surface area contributed by atoms with Crippen LogP contribution >= 0.6 is 11.8 Å². The predicted molar refractivity (Wildman–Crippen MR) is 85.5 cm³/mol. The summed E-state index contributed by atoms with van der Waals surface area (Å²) in [4.78, 5) is 22.7. The second-order valence-corrected chi connectivity index (χ2v) is 5.96. The van der Waals surface area contributed by atoms with Gasteiger partial charge in [0, 0.05) is 16.0 Å². The highest BCUT2D eigenvalue weighted by atomic mass is 32.2. The number of methoxy groups -OCH3 is 1. The lowest BCUT2D eigenvalue weighted by atomic mass is 10.2. The number of H-pyrrole nitrogens is 1. The number of fused-ring (bicyclic) bond motifs is 1. The molecule has 2 aromatic heterocycles. The molecular weight excluding hydrogens is 357 g/mol. The molecule has 0 aliphatic heterocycles. The van der Waals surface area contributed by atoms with Crippen molar-refractivity contribution in [2.24, 2.45) is 0 Å². The van der Waals surface area contributed by atoms with Crippen LogP contribution in [-0.4, -0.2) is 28.2 Å². The highest BCUT2D eigenvalue weighted by Gasteiger charge is 2.33. The van der Waals surface area contributed by atoms with E-state index in [2.05, 4.69) is 25.0 Å². The van der Waals surface area contributed by atoms with E-state index in [-0.39, 0.29) is 10.8 Å². The number of pyridine rings is 1. The third-order valence-corrected chi connectivity index (χ3v) is 4.17. The Morgan fingerprint density at radius 3 is 2.80 bits per heavy atom. The Morgan fingerprint density at radius 2 is 2.08 bits per heavy atom. The Hall–Kier alpha value is -2.75. The summed E-state index contributed by atoms with van der Waals surface area (Å²) in [5.74, 6) is 0.132. The SMILES string of the molecule is COC(=O)Nc1nc2ncc(Sc3ccccc3C(F)(F)F)cc2[nH]1. The molecule has 3 rings (SSSR count). The van der Waals surface area contributed by atoms with E-state index in [4.69, 9.17) is 0 Å². The number of carbonyl (C=O) groups is 1. The van der Waals surface area contributed by atoms with Crippen molar-refractivity contribution >= 4 is 35.0 Å². The molecule has 0 unspecified atom stereocenters. The van der Waals surface area contributed by atoms with Crippen molar-refractivity contribution in [1.82, 2.24) is 15.0 Å². The number of anilines is 1. The van der Waals surface area contributed by atoms with E-state index in [1.54, 1.807) is 6.07 Å². The van der Waals surface area contributed by atoms with Crippen molar-refractivity contribution in [2.45, 2.75) is 16.0 Å². The molecule has 1 aromatic carbocycles. The first-order valence-corrected chi connectivity index (χ1v) is 7.73. The molecule has 0 saturated carbocycles. The second-order valence-electron chi connectivity index (χ2n) is 4.84. The smallest absolute Gasteiger partial charge is 0.417 e. The molecule has 2 N–H and O–H groups in total. The van der Waals surface area contributed by atoms with Gasteiger partial charge >= 0.3 is 12.3 Å². The highest BCUT2D eigenvalue weighted by Crippen LogP contribution is 2.39. The summed E-state index contributed by atoms with van der Waals surface area (Å²) in [6, 6.07) is 6.92. The van der Waals surface area contributed by atoms with Gasteiger partial charge in [-0.15, -0.1) is 0 Å². The highest BCUT2D eigenvalue weighted by molar-refractivity contribution is 7.99. The minimum absolute atomic E-state index is 0.0728. The number of alkyl halides is 3. The van der Waals surface area contributed by atoms with Crippen molar-refractivity contribution in [2.75, 3.05) is 12.4 Å². The van der Waals surface area contributed by atoms with Crippen LogP contribution in [0.25, 0.3) is 11.2 Å². The van der Waals surface area contributed by atoms with Crippen LogP contribution in [0.15, 0.2) is 46.3 Å². The Balaban J connectivity index is 1.89. The summed E-state index contributed by atoms with van der Waals surface area (Å²) in [6.45, 7) is 0. The largest absolute Gasteiger partial charge is 0.453 e. The van der Waals surface area contributed by atoms with Gasteiger partial charge in [0.05, 0.1) is 18.2 Å². The molecular formula is C15H11F3N4O2S. The zero-order valence-electron chi connectivity index (χ0n) is 12.7. The van der Waals surface area contributed by atoms with Gasteiger partial charge in [-0.1, -0.05) is 23.9 Å². The number of benzene rings is 1. The number of hydrogen-bond acceptors (Lipinski definition) is 5. The predicted octanol–water partition coefficient (Wildman–Crippen LogP) is 4.31. The van der Waals surface area contributed by atoms with Crippen molar-refractivity contribution in [3.05, 3.63) is 42.1 Å². The first-order valence-electron chi connectivity index (χ1n) is 6.91. The maximum Gasteiger partial charge on any atom is 0.417 e. The summed E-state index contributed by atoms with van der Waals surface area (Å²) >= 11 is 0.941. The molecule has 25 heavy (non-hydrogen) atoms. The van der Waals surface area contributed by atoms with Gasteiger partial charge in [-0.3, -0.25) is 5.32 Å². The van der Waals surface area contributed by atoms with Gasteiger partial charge in [0.1, 0.15) is 0 Å². The van der Waals surface area contributed by atoms with E-state index in [1.165, 1.54) is 31.5 Å². The van der Waals surface area contributed by atoms with Gasteiger partial charge < -0.3 is 9.72 Å². The van der Waals surface area contributed by atoms with Crippen LogP contribution in [0.5, 0.6) is 0 Å². The van der Waals surface area contributed by atoms with E-state index in [9.17, 15) is 18.0 Å². The van der Waals surface area contributed by atoms with E-state index < -0.39 is 17.8 Å². The number of amides is 1. The van der Waals surface area contributed by atoms with Crippen LogP contribution < -0.4 is 5.32 Å². The topological polar surface area (TPSA) is 79.9 Å². The van der Waals surface area contributed by atoms with Crippen LogP contribution in [0.2, 0.25) is 0 Å². The fourth-order valence-electron chi connectivity index (χ4n) is 2.06. The lowest BCUT2D eigenvalue weighted by Crippen LogP contribution is -2.11. The molecule has 0 atom stereocenters. The molecule has 0 aliphatic carbocycles. The molecule has 0 aliphatic rings. The number of nitrogens with one attached hydrogen (secondary N) is 2. The molecule has 10 heteroatoms. The van der Waals surface area contributed by atoms with Gasteiger partial charge in [0.2, 0.25) is 5.95 Å². The molecule has 130 valence electrons. The van der Waals surface area contributed by atoms with Gasteiger partial charge in [-0.2, -0.15) is 18.2 Å². The Morgan fingerprint density at radius 1 is 1.32 bits per heavy atom. The number of aromatic nitrogens is 3. The van der Waals surface area contributed by atoms with Crippen molar-refractivity contribution in [1.29, 1.82) is 0 Å². The summed E-state index contributed by atoms with van der Waals surface area (Å²) in [6.07, 6.45) is -3.72. The first-order chi connectivity index (χ1) is 11.9. The summed E-state index contributed by atoms with van der Waals surface area (Å²) in [7, 11) is 1.21. The summed E-state index contributed by atoms with van der Waals surface area (Å²) in [5.41, 5.74) is 0.0820. The number of nitrogens with zero attached hydrogens (tertiary/aromatic N) is 2. The molecule has 0 bridgehead atoms. The maximum atomic E-state index is 13.1. The van der Waals surface area contributed by atoms with Gasteiger partial charge in [-0.25, -0.2) is 9.78 Å². The zero-order valence-corrected chi connectivity index (χ0v) is 13.5. The van der Waals surface area contributed by atoms with Crippen molar-refractivity contribution in [3.63, 3.8) is 0 Å². The number of imidazole rings is 1. The number of rotatable bonds is 3. The van der Waals surface area contributed by atoms with Crippen molar-refractivity contribution < 1.29 is 22.7 Å². The molecule has 6 nitrogen and oxygen atoms in total. The molecule has 0 fully saturated rings. The Kier molecular flexibility index (Phi) is 4.53. The van der Waals surface area contributed by atoms with Crippen molar-refractivity contribution in [3.8, 4) is 0 Å². The van der Waals surface area contributed by atoms with Gasteiger partial charge in [0.25, 0.3) is 0 Å². The van der Waals surface area contributed by atoms with Crippen LogP contribution in [0.1, 0.15) is 5.56 Å². The van der Waals surface area contributed by atoms with Gasteiger partial charge in [-0.05, 0) is 18.2 Å². The van der Waals surface area contributed by atoms with E-state index in [1.807, 2.05) is 0 Å². The first kappa shape index (κ1) is 17.1. The average molecular weight is 368 g/mol. The number of carbonyl (C=O) groups excluding carboxylic acids is 1. The number of ether oxygens (including phenoxy) is 1. The van der Waals surface area contributed by atoms with E-state index >= 15 is 0 Å². The second kappa shape index (κ2) is 6.63. The standard InChI is InChI=1S/C15H11F3N4O2S/c1-24-14(23)22-13-20-10-6-8(7-19-12(10)21-13)25-11-5-3-2-4-9(11)15(16,17)18/h2-7H,1H3,(H2,19,20,21,22,23). The lowest BCUT2D eigenvalue weighted by molar-refractivity contribution is -0.139. The molecule has 2 heterocycles. The molecule has 3 aromatic rings. The number of halogens is 3. The monoisotopic (exact) mass is 368 g/mol. The molecule has 1 amide bonds. The van der Waals surface area contributed by atoms with Crippen LogP contribution in [0.4, 0.5) is 23.9 Å². The lowest BCUT2D eigenvalue weighted by Gasteiger charge is -2.11. The quantitative estimate of drug-likeness (QED) is 0.720. The Bertz CT molecular complexity index is 927. The van der Waals surface area contributed by atoms with E-state index in [0.29, 0.717) is 16.1 Å². The fraction of sp³-hybridized carbons (Fsp3) is 0.133. The summed E-state index contributed by atoms with van der Waals surface area (Å²) < 4.78 is 43.7. The molecule has 0 radical (unpaired) electrons. The molecule has 0 spiro atoms. The maximum absolute atomic E-state index is 13.1.